The Hall–Kier alpha value is -3.35. The number of phenols is 2. The van der Waals surface area contributed by atoms with Crippen molar-refractivity contribution in [3.63, 3.8) is 0 Å². The summed E-state index contributed by atoms with van der Waals surface area (Å²) in [5, 5.41) is 43.6. The van der Waals surface area contributed by atoms with Crippen LogP contribution in [0.25, 0.3) is 0 Å². The molecule has 0 radical (unpaired) electrons. The minimum atomic E-state index is -2.18. The molecule has 2 aromatic carbocycles. The van der Waals surface area contributed by atoms with E-state index in [4.69, 9.17) is 19.9 Å². The number of aromatic hydroxyl groups is 2. The summed E-state index contributed by atoms with van der Waals surface area (Å²) < 4.78 is 17.2. The summed E-state index contributed by atoms with van der Waals surface area (Å²) in [4.78, 5) is 39.7. The first-order valence-corrected chi connectivity index (χ1v) is 12.3. The maximum atomic E-state index is 13.6. The van der Waals surface area contributed by atoms with Crippen molar-refractivity contribution in [2.75, 3.05) is 13.7 Å². The average molecular weight is 528 g/mol. The maximum absolute atomic E-state index is 13.6. The number of Topliss-reactive ketones (excluding diaryl/α,β-unsaturated/α-hetero) is 1. The molecule has 2 aromatic rings. The van der Waals surface area contributed by atoms with Crippen LogP contribution >= 0.6 is 0 Å². The maximum Gasteiger partial charge on any atom is 0.202 e. The Morgan fingerprint density at radius 2 is 1.84 bits per heavy atom. The lowest BCUT2D eigenvalue weighted by Gasteiger charge is -2.41. The molecule has 1 saturated heterocycles. The van der Waals surface area contributed by atoms with Gasteiger partial charge in [-0.1, -0.05) is 12.1 Å². The molecule has 38 heavy (non-hydrogen) atoms. The van der Waals surface area contributed by atoms with E-state index in [0.717, 1.165) is 0 Å². The summed E-state index contributed by atoms with van der Waals surface area (Å²) >= 11 is 0. The number of fused-ring (bicyclic) bond motifs is 3. The molecule has 0 amide bonds. The third-order valence-electron chi connectivity index (χ3n) is 7.57. The van der Waals surface area contributed by atoms with Crippen LogP contribution in [0.5, 0.6) is 17.2 Å². The van der Waals surface area contributed by atoms with E-state index >= 15 is 0 Å². The molecule has 2 aliphatic carbocycles. The molecule has 0 spiro atoms. The smallest absolute Gasteiger partial charge is 0.202 e. The number of hydrogen-bond acceptors (Lipinski definition) is 11. The molecule has 11 heteroatoms. The van der Waals surface area contributed by atoms with Crippen molar-refractivity contribution in [1.82, 2.24) is 0 Å². The number of carbonyl (C=O) groups excluding carboxylic acids is 3. The summed E-state index contributed by atoms with van der Waals surface area (Å²) in [6, 6.07) is 4.17. The van der Waals surface area contributed by atoms with E-state index in [0.29, 0.717) is 6.42 Å². The lowest BCUT2D eigenvalue weighted by atomic mass is 9.72. The zero-order valence-corrected chi connectivity index (χ0v) is 20.9. The topological polar surface area (TPSA) is 186 Å². The molecule has 0 saturated carbocycles. The Labute approximate surface area is 217 Å². The Balaban J connectivity index is 1.70. The van der Waals surface area contributed by atoms with Gasteiger partial charge in [-0.15, -0.1) is 0 Å². The molecule has 11 nitrogen and oxygen atoms in total. The lowest BCUT2D eigenvalue weighted by molar-refractivity contribution is -0.225. The first kappa shape index (κ1) is 26.3. The predicted octanol–water partition coefficient (Wildman–Crippen LogP) is 1.03. The van der Waals surface area contributed by atoms with Crippen molar-refractivity contribution in [2.24, 2.45) is 5.73 Å². The van der Waals surface area contributed by atoms with Crippen LogP contribution in [0.3, 0.4) is 0 Å². The Morgan fingerprint density at radius 3 is 2.50 bits per heavy atom. The average Bonchev–Trinajstić information content (AvgIpc) is 2.87. The van der Waals surface area contributed by atoms with Gasteiger partial charge in [-0.05, 0) is 19.4 Å². The molecule has 1 fully saturated rings. The SMILES string of the molecule is COc1cccc2c1C(=O)c1c(O)c3c(c(O)c1C2=O)C[C@@](O)(C(=O)CO)C[C@@H]3O[C@H]1C[C@H](N)CC(C)O1. The van der Waals surface area contributed by atoms with Gasteiger partial charge in [0, 0.05) is 42.0 Å². The third-order valence-corrected chi connectivity index (χ3v) is 7.57. The van der Waals surface area contributed by atoms with Crippen LogP contribution in [0.2, 0.25) is 0 Å². The highest BCUT2D eigenvalue weighted by molar-refractivity contribution is 6.31. The van der Waals surface area contributed by atoms with Gasteiger partial charge in [-0.25, -0.2) is 0 Å². The highest BCUT2D eigenvalue weighted by Crippen LogP contribution is 2.52. The van der Waals surface area contributed by atoms with Crippen LogP contribution in [0.4, 0.5) is 0 Å². The molecule has 1 aliphatic heterocycles. The fraction of sp³-hybridized carbons (Fsp3) is 0.444. The number of phenolic OH excluding ortho intramolecular Hbond substituents is 2. The molecule has 5 rings (SSSR count). The first-order valence-electron chi connectivity index (χ1n) is 12.3. The molecular formula is C27H29NO10. The molecule has 5 atom stereocenters. The Morgan fingerprint density at radius 1 is 1.13 bits per heavy atom. The second-order valence-electron chi connectivity index (χ2n) is 10.1. The number of methoxy groups -OCH3 is 1. The van der Waals surface area contributed by atoms with Gasteiger partial charge < -0.3 is 40.4 Å². The number of ketones is 3. The highest BCUT2D eigenvalue weighted by atomic mass is 16.7. The van der Waals surface area contributed by atoms with Gasteiger partial charge in [0.25, 0.3) is 0 Å². The van der Waals surface area contributed by atoms with Crippen LogP contribution in [0.1, 0.15) is 75.3 Å². The molecule has 1 heterocycles. The van der Waals surface area contributed by atoms with Crippen molar-refractivity contribution in [1.29, 1.82) is 0 Å². The normalized spacial score (nSPS) is 28.3. The monoisotopic (exact) mass is 527 g/mol. The summed E-state index contributed by atoms with van der Waals surface area (Å²) in [5.74, 6) is -3.55. The Bertz CT molecular complexity index is 1340. The van der Waals surface area contributed by atoms with Crippen LogP contribution in [0.15, 0.2) is 18.2 Å². The molecule has 0 aromatic heterocycles. The van der Waals surface area contributed by atoms with Crippen molar-refractivity contribution in [2.45, 2.75) is 62.7 Å². The molecule has 1 unspecified atom stereocenters. The van der Waals surface area contributed by atoms with E-state index in [1.54, 1.807) is 0 Å². The predicted molar refractivity (Wildman–Crippen MR) is 130 cm³/mol. The number of benzene rings is 2. The van der Waals surface area contributed by atoms with Gasteiger partial charge in [0.1, 0.15) is 29.5 Å². The number of ether oxygens (including phenoxy) is 3. The van der Waals surface area contributed by atoms with E-state index in [-0.39, 0.29) is 46.6 Å². The first-order chi connectivity index (χ1) is 18.0. The van der Waals surface area contributed by atoms with E-state index < -0.39 is 77.4 Å². The number of aliphatic hydroxyl groups excluding tert-OH is 1. The third kappa shape index (κ3) is 3.98. The van der Waals surface area contributed by atoms with Gasteiger partial charge in [0.2, 0.25) is 5.78 Å². The van der Waals surface area contributed by atoms with Crippen molar-refractivity contribution >= 4 is 17.3 Å². The quantitative estimate of drug-likeness (QED) is 0.298. The minimum Gasteiger partial charge on any atom is -0.507 e. The van der Waals surface area contributed by atoms with Crippen LogP contribution in [0, 0.1) is 0 Å². The summed E-state index contributed by atoms with van der Waals surface area (Å²) in [7, 11) is 1.34. The van der Waals surface area contributed by atoms with Gasteiger partial charge >= 0.3 is 0 Å². The molecular weight excluding hydrogens is 498 g/mol. The van der Waals surface area contributed by atoms with E-state index in [1.165, 1.54) is 25.3 Å². The fourth-order valence-corrected chi connectivity index (χ4v) is 5.81. The molecule has 3 aliphatic rings. The minimum absolute atomic E-state index is 0.0274. The number of aliphatic hydroxyl groups is 2. The lowest BCUT2D eigenvalue weighted by Crippen LogP contribution is -2.48. The van der Waals surface area contributed by atoms with E-state index in [9.17, 15) is 34.8 Å². The molecule has 6 N–H and O–H groups in total. The second kappa shape index (κ2) is 9.44. The van der Waals surface area contributed by atoms with Crippen molar-refractivity contribution in [3.05, 3.63) is 51.6 Å². The number of nitrogens with two attached hydrogens (primary N) is 1. The highest BCUT2D eigenvalue weighted by Gasteiger charge is 2.49. The summed E-state index contributed by atoms with van der Waals surface area (Å²) in [5.41, 5.74) is 2.78. The van der Waals surface area contributed by atoms with E-state index in [1.807, 2.05) is 6.92 Å². The van der Waals surface area contributed by atoms with Gasteiger partial charge in [0.15, 0.2) is 17.9 Å². The zero-order valence-electron chi connectivity index (χ0n) is 20.9. The standard InChI is InChI=1S/C27H29NO10/c1-11-6-12(28)7-18(37-11)38-16-9-27(35,17(30)10-29)8-14-20(16)26(34)22-21(24(14)32)23(31)13-4-3-5-15(36-2)19(13)25(22)33/h3-5,11-12,16,18,29,32,34-35H,6-10,28H2,1-2H3/t11?,12-,16+,18+,27+/m1/s1. The fourth-order valence-electron chi connectivity index (χ4n) is 5.81. The van der Waals surface area contributed by atoms with E-state index in [2.05, 4.69) is 0 Å². The summed E-state index contributed by atoms with van der Waals surface area (Å²) in [6.07, 6.45) is -2.45. The van der Waals surface area contributed by atoms with Crippen molar-refractivity contribution in [3.8, 4) is 17.2 Å². The number of rotatable bonds is 5. The summed E-state index contributed by atoms with van der Waals surface area (Å²) in [6.45, 7) is 0.827. The number of carbonyl (C=O) groups is 3. The van der Waals surface area contributed by atoms with Gasteiger partial charge in [-0.2, -0.15) is 0 Å². The van der Waals surface area contributed by atoms with Crippen LogP contribution < -0.4 is 10.5 Å². The molecule has 0 bridgehead atoms. The zero-order chi connectivity index (χ0) is 27.5. The van der Waals surface area contributed by atoms with Gasteiger partial charge in [0.05, 0.1) is 36.0 Å². The largest absolute Gasteiger partial charge is 0.507 e. The second-order valence-corrected chi connectivity index (χ2v) is 10.1. The molecule has 202 valence electrons. The van der Waals surface area contributed by atoms with Crippen LogP contribution in [-0.2, 0) is 20.7 Å². The Kier molecular flexibility index (Phi) is 6.52. The van der Waals surface area contributed by atoms with Gasteiger partial charge in [-0.3, -0.25) is 14.4 Å². The van der Waals surface area contributed by atoms with Crippen LogP contribution in [-0.4, -0.2) is 75.5 Å². The number of hydrogen-bond donors (Lipinski definition) is 5. The van der Waals surface area contributed by atoms with Crippen molar-refractivity contribution < 1.29 is 49.0 Å².